The van der Waals surface area contributed by atoms with Crippen LogP contribution in [-0.4, -0.2) is 63.0 Å². The molecule has 2 aromatic carbocycles. The van der Waals surface area contributed by atoms with Crippen molar-refractivity contribution in [2.24, 2.45) is 5.92 Å². The Labute approximate surface area is 312 Å². The van der Waals surface area contributed by atoms with Gasteiger partial charge < -0.3 is 18.7 Å². The van der Waals surface area contributed by atoms with Crippen LogP contribution in [0.15, 0.2) is 77.7 Å². The minimum atomic E-state index is -4.27. The number of thioether (sulfide) groups is 1. The highest BCUT2D eigenvalue weighted by atomic mass is 32.2. The molecule has 2 amide bonds. The number of halogens is 1. The number of carbonyl (C=O) groups excluding carboxylic acids is 3. The quantitative estimate of drug-likeness (QED) is 0.110. The van der Waals surface area contributed by atoms with Gasteiger partial charge in [0.05, 0.1) is 6.61 Å². The first-order valence-corrected chi connectivity index (χ1v) is 19.4. The van der Waals surface area contributed by atoms with Gasteiger partial charge in [-0.2, -0.15) is 15.0 Å². The summed E-state index contributed by atoms with van der Waals surface area (Å²) in [7, 11) is -4.27. The maximum atomic E-state index is 15.9. The minimum Gasteiger partial charge on any atom is -0.460 e. The van der Waals surface area contributed by atoms with Gasteiger partial charge in [0.1, 0.15) is 41.1 Å². The Hall–Kier alpha value is -4.24. The van der Waals surface area contributed by atoms with E-state index in [1.807, 2.05) is 18.2 Å². The monoisotopic (exact) mass is 776 g/mol. The Morgan fingerprint density at radius 3 is 2.08 bits per heavy atom. The molecule has 17 heteroatoms. The first-order chi connectivity index (χ1) is 24.7. The molecule has 53 heavy (non-hydrogen) atoms. The van der Waals surface area contributed by atoms with Crippen LogP contribution in [0, 0.1) is 5.92 Å². The molecule has 1 N–H and O–H groups in total. The summed E-state index contributed by atoms with van der Waals surface area (Å²) < 4.78 is 58.7. The number of nitrogens with zero attached hydrogens (tertiary/aromatic N) is 3. The molecule has 14 nitrogen and oxygen atoms in total. The molecule has 3 aromatic rings. The number of anilines is 1. The van der Waals surface area contributed by atoms with Crippen molar-refractivity contribution in [3.8, 4) is 5.75 Å². The average molecular weight is 777 g/mol. The van der Waals surface area contributed by atoms with E-state index in [9.17, 15) is 23.7 Å². The fraction of sp³-hybridized carbons (Fsp3) is 0.472. The maximum Gasteiger partial charge on any atom is 0.459 e. The summed E-state index contributed by atoms with van der Waals surface area (Å²) in [5.74, 6) is -1.59. The zero-order valence-corrected chi connectivity index (χ0v) is 32.6. The largest absolute Gasteiger partial charge is 0.460 e. The summed E-state index contributed by atoms with van der Waals surface area (Å²) in [4.78, 5) is 56.7. The van der Waals surface area contributed by atoms with Gasteiger partial charge >= 0.3 is 31.6 Å². The van der Waals surface area contributed by atoms with Gasteiger partial charge in [-0.25, -0.2) is 23.3 Å². The molecular formula is C36H46FN4O10PS. The Morgan fingerprint density at radius 2 is 1.53 bits per heavy atom. The summed E-state index contributed by atoms with van der Waals surface area (Å²) in [6.45, 7) is 12.4. The third-order valence-corrected chi connectivity index (χ3v) is 10.8. The molecule has 1 aliphatic heterocycles. The Balaban J connectivity index is 1.50. The molecule has 1 aliphatic rings. The standard InChI is InChI=1S/C36H46FN4O10PS/c1-23-27(22-48-52(46,51-26-17-13-10-14-18-26)39-24(2)31(42)47-21-25-15-11-9-12-16-25)53-30(29(23)37)40-20-19-28(38-32(40)43)41(33(44)49-35(3,4)5)34(45)50-36(6,7)8/h9-20,23-24,27,29-30H,21-22H2,1-8H3,(H,39,46)/t23-,24+,27-,29+,30-,52?/m1/s1. The lowest BCUT2D eigenvalue weighted by atomic mass is 10.0. The van der Waals surface area contributed by atoms with Gasteiger partial charge in [-0.15, -0.1) is 11.8 Å². The van der Waals surface area contributed by atoms with Crippen molar-refractivity contribution in [3.05, 3.63) is 89.0 Å². The van der Waals surface area contributed by atoms with Crippen LogP contribution in [0.3, 0.4) is 0 Å². The fourth-order valence-electron chi connectivity index (χ4n) is 4.88. The smallest absolute Gasteiger partial charge is 0.459 e. The van der Waals surface area contributed by atoms with E-state index in [1.165, 1.54) is 19.2 Å². The molecule has 1 unspecified atom stereocenters. The van der Waals surface area contributed by atoms with Gasteiger partial charge in [0.15, 0.2) is 5.82 Å². The first-order valence-electron chi connectivity index (χ1n) is 16.9. The zero-order chi connectivity index (χ0) is 39.1. The third kappa shape index (κ3) is 11.9. The van der Waals surface area contributed by atoms with E-state index in [2.05, 4.69) is 10.1 Å². The number of ether oxygens (including phenoxy) is 3. The van der Waals surface area contributed by atoms with Gasteiger partial charge in [-0.3, -0.25) is 13.9 Å². The molecule has 1 saturated heterocycles. The summed E-state index contributed by atoms with van der Waals surface area (Å²) in [6.07, 6.45) is -2.60. The van der Waals surface area contributed by atoms with Crippen LogP contribution in [0.4, 0.5) is 19.8 Å². The van der Waals surface area contributed by atoms with E-state index in [0.717, 1.165) is 21.9 Å². The molecule has 4 rings (SSSR count). The maximum absolute atomic E-state index is 15.9. The van der Waals surface area contributed by atoms with Crippen LogP contribution in [0.1, 0.15) is 66.3 Å². The van der Waals surface area contributed by atoms with E-state index in [0.29, 0.717) is 4.90 Å². The Morgan fingerprint density at radius 1 is 0.962 bits per heavy atom. The normalized spacial score (nSPS) is 20.5. The van der Waals surface area contributed by atoms with E-state index < -0.39 is 71.5 Å². The molecule has 0 spiro atoms. The summed E-state index contributed by atoms with van der Waals surface area (Å²) in [6, 6.07) is 17.3. The number of hydrogen-bond donors (Lipinski definition) is 1. The molecule has 288 valence electrons. The van der Waals surface area contributed by atoms with Crippen LogP contribution < -0.4 is 20.2 Å². The van der Waals surface area contributed by atoms with E-state index in [-0.39, 0.29) is 24.8 Å². The highest BCUT2D eigenvalue weighted by molar-refractivity contribution is 8.00. The molecule has 1 aromatic heterocycles. The van der Waals surface area contributed by atoms with Crippen LogP contribution in [0.2, 0.25) is 0 Å². The number of rotatable bonds is 12. The average Bonchev–Trinajstić information content (AvgIpc) is 3.34. The van der Waals surface area contributed by atoms with Crippen molar-refractivity contribution in [2.45, 2.75) is 96.0 Å². The van der Waals surface area contributed by atoms with Gasteiger partial charge in [-0.1, -0.05) is 55.5 Å². The van der Waals surface area contributed by atoms with Crippen molar-refractivity contribution in [1.29, 1.82) is 0 Å². The van der Waals surface area contributed by atoms with Crippen molar-refractivity contribution in [1.82, 2.24) is 14.6 Å². The summed E-state index contributed by atoms with van der Waals surface area (Å²) in [5.41, 5.74) is -2.16. The van der Waals surface area contributed by atoms with Crippen molar-refractivity contribution in [3.63, 3.8) is 0 Å². The van der Waals surface area contributed by atoms with E-state index in [4.69, 9.17) is 23.3 Å². The number of carbonyl (C=O) groups is 3. The fourth-order valence-corrected chi connectivity index (χ4v) is 8.09. The Kier molecular flexibility index (Phi) is 13.5. The number of imide groups is 1. The number of aromatic nitrogens is 2. The lowest BCUT2D eigenvalue weighted by Gasteiger charge is -2.28. The van der Waals surface area contributed by atoms with Crippen molar-refractivity contribution >= 4 is 43.5 Å². The summed E-state index contributed by atoms with van der Waals surface area (Å²) in [5, 5.41) is 0.890. The molecule has 2 heterocycles. The number of esters is 1. The lowest BCUT2D eigenvalue weighted by molar-refractivity contribution is -0.146. The number of benzene rings is 2. The SMILES string of the molecule is C[C@H]1[C@H](F)[C@H](n2ccc(N(C(=O)OC(C)(C)C)C(=O)OC(C)(C)C)nc2=O)S[C@@H]1COP(=O)(N[C@@H](C)C(=O)OCc1ccccc1)Oc1ccccc1. The van der Waals surface area contributed by atoms with Crippen LogP contribution in [0.25, 0.3) is 0 Å². The summed E-state index contributed by atoms with van der Waals surface area (Å²) >= 11 is 1.04. The van der Waals surface area contributed by atoms with Gasteiger partial charge in [0.2, 0.25) is 0 Å². The van der Waals surface area contributed by atoms with Crippen LogP contribution >= 0.6 is 19.5 Å². The number of nitrogens with one attached hydrogen (secondary N) is 1. The molecule has 1 fully saturated rings. The molecule has 0 radical (unpaired) electrons. The third-order valence-electron chi connectivity index (χ3n) is 7.45. The number of alkyl halides is 1. The molecule has 0 saturated carbocycles. The number of amides is 2. The van der Waals surface area contributed by atoms with Gasteiger partial charge in [0.25, 0.3) is 0 Å². The van der Waals surface area contributed by atoms with Crippen LogP contribution in [-0.2, 0) is 34.7 Å². The topological polar surface area (TPSA) is 165 Å². The minimum absolute atomic E-state index is 0.00113. The van der Waals surface area contributed by atoms with Gasteiger partial charge in [-0.05, 0) is 72.2 Å². The van der Waals surface area contributed by atoms with Crippen molar-refractivity contribution in [2.75, 3.05) is 11.5 Å². The highest BCUT2D eigenvalue weighted by Crippen LogP contribution is 2.50. The molecular weight excluding hydrogens is 730 g/mol. The lowest BCUT2D eigenvalue weighted by Crippen LogP contribution is -2.45. The van der Waals surface area contributed by atoms with Gasteiger partial charge in [0, 0.05) is 17.4 Å². The number of hydrogen-bond acceptors (Lipinski definition) is 12. The predicted molar refractivity (Wildman–Crippen MR) is 197 cm³/mol. The molecule has 6 atom stereocenters. The van der Waals surface area contributed by atoms with E-state index >= 15 is 4.39 Å². The molecule has 0 aliphatic carbocycles. The number of para-hydroxylation sites is 1. The van der Waals surface area contributed by atoms with Crippen LogP contribution in [0.5, 0.6) is 5.75 Å². The zero-order valence-electron chi connectivity index (χ0n) is 30.9. The second kappa shape index (κ2) is 17.3. The second-order valence-corrected chi connectivity index (χ2v) is 17.3. The highest BCUT2D eigenvalue weighted by Gasteiger charge is 2.45. The molecule has 0 bridgehead atoms. The second-order valence-electron chi connectivity index (χ2n) is 14.3. The predicted octanol–water partition coefficient (Wildman–Crippen LogP) is 7.43. The van der Waals surface area contributed by atoms with E-state index in [1.54, 1.807) is 90.9 Å². The first kappa shape index (κ1) is 41.5. The Bertz CT molecular complexity index is 1810. The van der Waals surface area contributed by atoms with Crippen molar-refractivity contribution < 1.29 is 46.6 Å².